The molecular formula is C13H17F3N2. The number of hydrogen-bond donors (Lipinski definition) is 1. The van der Waals surface area contributed by atoms with Crippen LogP contribution in [0.15, 0.2) is 18.2 Å². The third-order valence-corrected chi connectivity index (χ3v) is 3.52. The molecule has 2 rings (SSSR count). The average Bonchev–Trinajstić information content (AvgIpc) is 2.57. The number of nitrogens with two attached hydrogens (primary N) is 1. The molecule has 2 N–H and O–H groups in total. The summed E-state index contributed by atoms with van der Waals surface area (Å²) in [5, 5.41) is 0. The monoisotopic (exact) mass is 258 g/mol. The highest BCUT2D eigenvalue weighted by Crippen LogP contribution is 2.42. The van der Waals surface area contributed by atoms with Crippen molar-refractivity contribution < 1.29 is 13.2 Å². The van der Waals surface area contributed by atoms with Gasteiger partial charge in [0, 0.05) is 23.5 Å². The van der Waals surface area contributed by atoms with Gasteiger partial charge in [0.15, 0.2) is 0 Å². The van der Waals surface area contributed by atoms with Gasteiger partial charge in [-0.25, -0.2) is 0 Å². The Kier molecular flexibility index (Phi) is 2.95. The number of nitrogen functional groups attached to an aromatic ring is 1. The van der Waals surface area contributed by atoms with E-state index in [1.165, 1.54) is 12.1 Å². The predicted molar refractivity (Wildman–Crippen MR) is 66.5 cm³/mol. The van der Waals surface area contributed by atoms with Crippen molar-refractivity contribution in [2.75, 3.05) is 17.2 Å². The molecule has 100 valence electrons. The van der Waals surface area contributed by atoms with Crippen LogP contribution in [0.1, 0.15) is 32.3 Å². The standard InChI is InChI=1S/C13H17F3N2/c1-12(2)6-3-7-18(12)11-5-4-9(17)8-10(11)13(14,15)16/h4-5,8H,3,6-7,17H2,1-2H3. The molecule has 0 saturated carbocycles. The van der Waals surface area contributed by atoms with Gasteiger partial charge in [0.05, 0.1) is 5.56 Å². The van der Waals surface area contributed by atoms with Crippen LogP contribution >= 0.6 is 0 Å². The van der Waals surface area contributed by atoms with E-state index in [0.29, 0.717) is 6.54 Å². The lowest BCUT2D eigenvalue weighted by molar-refractivity contribution is -0.137. The molecule has 0 radical (unpaired) electrons. The summed E-state index contributed by atoms with van der Waals surface area (Å²) < 4.78 is 39.2. The molecule has 0 atom stereocenters. The predicted octanol–water partition coefficient (Wildman–Crippen LogP) is 3.67. The maximum atomic E-state index is 13.1. The topological polar surface area (TPSA) is 29.3 Å². The molecule has 1 aliphatic heterocycles. The molecular weight excluding hydrogens is 241 g/mol. The first-order chi connectivity index (χ1) is 8.22. The number of anilines is 2. The van der Waals surface area contributed by atoms with Crippen LogP contribution in [-0.2, 0) is 6.18 Å². The van der Waals surface area contributed by atoms with Crippen LogP contribution in [0.4, 0.5) is 24.5 Å². The molecule has 0 unspecified atom stereocenters. The summed E-state index contributed by atoms with van der Waals surface area (Å²) >= 11 is 0. The summed E-state index contributed by atoms with van der Waals surface area (Å²) in [6, 6.07) is 4.02. The lowest BCUT2D eigenvalue weighted by Gasteiger charge is -2.35. The normalized spacial score (nSPS) is 19.3. The molecule has 0 aliphatic carbocycles. The zero-order chi connectivity index (χ0) is 13.6. The summed E-state index contributed by atoms with van der Waals surface area (Å²) in [6.07, 6.45) is -2.56. The molecule has 0 bridgehead atoms. The van der Waals surface area contributed by atoms with Gasteiger partial charge in [0.1, 0.15) is 0 Å². The zero-order valence-electron chi connectivity index (χ0n) is 10.5. The van der Waals surface area contributed by atoms with Crippen LogP contribution in [-0.4, -0.2) is 12.1 Å². The molecule has 0 aromatic heterocycles. The first kappa shape index (κ1) is 13.1. The molecule has 2 nitrogen and oxygen atoms in total. The smallest absolute Gasteiger partial charge is 0.399 e. The van der Waals surface area contributed by atoms with Crippen LogP contribution < -0.4 is 10.6 Å². The van der Waals surface area contributed by atoms with Crippen LogP contribution in [0.3, 0.4) is 0 Å². The van der Waals surface area contributed by atoms with Crippen molar-refractivity contribution in [3.63, 3.8) is 0 Å². The van der Waals surface area contributed by atoms with Gasteiger partial charge < -0.3 is 10.6 Å². The number of nitrogens with zero attached hydrogens (tertiary/aromatic N) is 1. The lowest BCUT2D eigenvalue weighted by atomic mass is 10.00. The lowest BCUT2D eigenvalue weighted by Crippen LogP contribution is -2.39. The Hall–Kier alpha value is -1.39. The molecule has 0 amide bonds. The second-order valence-electron chi connectivity index (χ2n) is 5.34. The third-order valence-electron chi connectivity index (χ3n) is 3.52. The Labute approximate surface area is 105 Å². The number of hydrogen-bond acceptors (Lipinski definition) is 2. The van der Waals surface area contributed by atoms with E-state index in [2.05, 4.69) is 0 Å². The van der Waals surface area contributed by atoms with Gasteiger partial charge in [-0.2, -0.15) is 13.2 Å². The van der Waals surface area contributed by atoms with Crippen molar-refractivity contribution in [2.24, 2.45) is 0 Å². The maximum absolute atomic E-state index is 13.1. The quantitative estimate of drug-likeness (QED) is 0.779. The van der Waals surface area contributed by atoms with Gasteiger partial charge >= 0.3 is 6.18 Å². The molecule has 1 aliphatic rings. The SMILES string of the molecule is CC1(C)CCCN1c1ccc(N)cc1C(F)(F)F. The second-order valence-corrected chi connectivity index (χ2v) is 5.34. The highest BCUT2D eigenvalue weighted by atomic mass is 19.4. The fraction of sp³-hybridized carbons (Fsp3) is 0.538. The number of alkyl halides is 3. The summed E-state index contributed by atoms with van der Waals surface area (Å²) in [4.78, 5) is 1.83. The van der Waals surface area contributed by atoms with Gasteiger partial charge in [-0.05, 0) is 44.9 Å². The fourth-order valence-electron chi connectivity index (χ4n) is 2.57. The summed E-state index contributed by atoms with van der Waals surface area (Å²) in [7, 11) is 0. The third kappa shape index (κ3) is 2.26. The Morgan fingerprint density at radius 2 is 1.94 bits per heavy atom. The van der Waals surface area contributed by atoms with Gasteiger partial charge in [-0.3, -0.25) is 0 Å². The van der Waals surface area contributed by atoms with Crippen molar-refractivity contribution >= 4 is 11.4 Å². The van der Waals surface area contributed by atoms with Crippen molar-refractivity contribution in [1.29, 1.82) is 0 Å². The number of halogens is 3. The Morgan fingerprint density at radius 1 is 1.28 bits per heavy atom. The van der Waals surface area contributed by atoms with E-state index in [9.17, 15) is 13.2 Å². The molecule has 0 spiro atoms. The van der Waals surface area contributed by atoms with E-state index in [0.717, 1.165) is 18.9 Å². The van der Waals surface area contributed by atoms with Gasteiger partial charge in [0.2, 0.25) is 0 Å². The summed E-state index contributed by atoms with van der Waals surface area (Å²) in [5.74, 6) is 0. The van der Waals surface area contributed by atoms with Crippen molar-refractivity contribution in [1.82, 2.24) is 0 Å². The highest BCUT2D eigenvalue weighted by Gasteiger charge is 2.39. The largest absolute Gasteiger partial charge is 0.418 e. The van der Waals surface area contributed by atoms with Crippen LogP contribution in [0.2, 0.25) is 0 Å². The van der Waals surface area contributed by atoms with Crippen LogP contribution in [0.5, 0.6) is 0 Å². The zero-order valence-corrected chi connectivity index (χ0v) is 10.5. The number of rotatable bonds is 1. The molecule has 1 fully saturated rings. The van der Waals surface area contributed by atoms with E-state index in [-0.39, 0.29) is 16.9 Å². The highest BCUT2D eigenvalue weighted by molar-refractivity contribution is 5.62. The Morgan fingerprint density at radius 3 is 2.44 bits per heavy atom. The molecule has 1 saturated heterocycles. The Bertz CT molecular complexity index is 452. The van der Waals surface area contributed by atoms with Gasteiger partial charge in [-0.15, -0.1) is 0 Å². The van der Waals surface area contributed by atoms with E-state index < -0.39 is 11.7 Å². The molecule has 1 aromatic rings. The minimum absolute atomic E-state index is 0.142. The Balaban J connectivity index is 2.51. The average molecular weight is 258 g/mol. The van der Waals surface area contributed by atoms with Gasteiger partial charge in [-0.1, -0.05) is 0 Å². The maximum Gasteiger partial charge on any atom is 0.418 e. The van der Waals surface area contributed by atoms with E-state index in [4.69, 9.17) is 5.73 Å². The second kappa shape index (κ2) is 4.07. The van der Waals surface area contributed by atoms with Crippen molar-refractivity contribution in [3.05, 3.63) is 23.8 Å². The van der Waals surface area contributed by atoms with Gasteiger partial charge in [0.25, 0.3) is 0 Å². The minimum Gasteiger partial charge on any atom is -0.399 e. The molecule has 18 heavy (non-hydrogen) atoms. The molecule has 1 heterocycles. The van der Waals surface area contributed by atoms with Crippen molar-refractivity contribution in [2.45, 2.75) is 38.4 Å². The van der Waals surface area contributed by atoms with Crippen LogP contribution in [0.25, 0.3) is 0 Å². The van der Waals surface area contributed by atoms with E-state index >= 15 is 0 Å². The first-order valence-corrected chi connectivity index (χ1v) is 5.96. The molecule has 5 heteroatoms. The first-order valence-electron chi connectivity index (χ1n) is 5.96. The van der Waals surface area contributed by atoms with Crippen LogP contribution in [0, 0.1) is 0 Å². The fourth-order valence-corrected chi connectivity index (χ4v) is 2.57. The number of benzene rings is 1. The minimum atomic E-state index is -4.37. The van der Waals surface area contributed by atoms with E-state index in [1.807, 2.05) is 18.7 Å². The molecule has 1 aromatic carbocycles. The summed E-state index contributed by atoms with van der Waals surface area (Å²) in [6.45, 7) is 4.59. The summed E-state index contributed by atoms with van der Waals surface area (Å²) in [5.41, 5.74) is 4.97. The van der Waals surface area contributed by atoms with Crippen molar-refractivity contribution in [3.8, 4) is 0 Å². The van der Waals surface area contributed by atoms with E-state index in [1.54, 1.807) is 0 Å².